The maximum atomic E-state index is 13.6. The van der Waals surface area contributed by atoms with Crippen LogP contribution >= 0.6 is 22.9 Å². The Labute approximate surface area is 184 Å². The number of aromatic nitrogens is 1. The first-order valence-electron chi connectivity index (χ1n) is 9.71. The van der Waals surface area contributed by atoms with Gasteiger partial charge in [-0.3, -0.25) is 9.69 Å². The Bertz CT molecular complexity index is 1190. The van der Waals surface area contributed by atoms with Crippen LogP contribution in [0, 0.1) is 0 Å². The van der Waals surface area contributed by atoms with Crippen LogP contribution in [-0.4, -0.2) is 44.3 Å². The molecule has 2 heterocycles. The van der Waals surface area contributed by atoms with Crippen LogP contribution in [0.25, 0.3) is 10.2 Å². The summed E-state index contributed by atoms with van der Waals surface area (Å²) < 4.78 is 31.8. The van der Waals surface area contributed by atoms with Crippen molar-refractivity contribution in [1.29, 1.82) is 0 Å². The number of sulfone groups is 1. The van der Waals surface area contributed by atoms with Crippen LogP contribution in [0.15, 0.2) is 47.4 Å². The highest BCUT2D eigenvalue weighted by Gasteiger charge is 2.30. The monoisotopic (exact) mass is 464 g/mol. The van der Waals surface area contributed by atoms with Crippen molar-refractivity contribution in [3.8, 4) is 0 Å². The van der Waals surface area contributed by atoms with Crippen molar-refractivity contribution in [3.05, 3.63) is 53.1 Å². The first-order chi connectivity index (χ1) is 14.4. The Morgan fingerprint density at radius 1 is 1.27 bits per heavy atom. The molecular weight excluding hydrogens is 444 g/mol. The summed E-state index contributed by atoms with van der Waals surface area (Å²) in [7, 11) is -3.57. The second-order valence-electron chi connectivity index (χ2n) is 7.03. The molecule has 1 fully saturated rings. The fourth-order valence-electron chi connectivity index (χ4n) is 3.47. The van der Waals surface area contributed by atoms with Crippen LogP contribution in [0.3, 0.4) is 0 Å². The molecular formula is C21H21ClN2O4S2. The van der Waals surface area contributed by atoms with Gasteiger partial charge in [0.2, 0.25) is 0 Å². The van der Waals surface area contributed by atoms with Crippen molar-refractivity contribution in [2.24, 2.45) is 0 Å². The lowest BCUT2D eigenvalue weighted by Gasteiger charge is -2.24. The zero-order valence-corrected chi connectivity index (χ0v) is 18.8. The largest absolute Gasteiger partial charge is 0.376 e. The molecule has 0 spiro atoms. The lowest BCUT2D eigenvalue weighted by molar-refractivity contribution is 0.0915. The Balaban J connectivity index is 1.80. The predicted molar refractivity (Wildman–Crippen MR) is 119 cm³/mol. The van der Waals surface area contributed by atoms with Gasteiger partial charge >= 0.3 is 0 Å². The number of carbonyl (C=O) groups is 1. The molecule has 2 aromatic carbocycles. The SMILES string of the molecule is CCS(=O)(=O)c1ccccc1C(=O)N(CC1CCCO1)c1nc2c(Cl)cccc2s1. The molecule has 4 rings (SSSR count). The number of hydrogen-bond donors (Lipinski definition) is 0. The van der Waals surface area contributed by atoms with Crippen molar-refractivity contribution in [2.75, 3.05) is 23.8 Å². The molecule has 30 heavy (non-hydrogen) atoms. The van der Waals surface area contributed by atoms with Gasteiger partial charge < -0.3 is 4.74 Å². The van der Waals surface area contributed by atoms with E-state index in [1.807, 2.05) is 12.1 Å². The number of ether oxygens (including phenoxy) is 1. The summed E-state index contributed by atoms with van der Waals surface area (Å²) in [4.78, 5) is 19.8. The summed E-state index contributed by atoms with van der Waals surface area (Å²) in [5, 5.41) is 0.982. The zero-order chi connectivity index (χ0) is 21.3. The van der Waals surface area contributed by atoms with Crippen molar-refractivity contribution >= 4 is 54.0 Å². The number of halogens is 1. The second kappa shape index (κ2) is 8.63. The minimum absolute atomic E-state index is 0.0361. The van der Waals surface area contributed by atoms with Gasteiger partial charge in [-0.25, -0.2) is 13.4 Å². The lowest BCUT2D eigenvalue weighted by atomic mass is 10.1. The number of amides is 1. The van der Waals surface area contributed by atoms with Crippen LogP contribution in [-0.2, 0) is 14.6 Å². The van der Waals surface area contributed by atoms with Gasteiger partial charge in [0.15, 0.2) is 15.0 Å². The summed E-state index contributed by atoms with van der Waals surface area (Å²) in [5.41, 5.74) is 0.765. The van der Waals surface area contributed by atoms with Crippen molar-refractivity contribution in [3.63, 3.8) is 0 Å². The Morgan fingerprint density at radius 3 is 2.77 bits per heavy atom. The highest BCUT2D eigenvalue weighted by molar-refractivity contribution is 7.91. The zero-order valence-electron chi connectivity index (χ0n) is 16.4. The molecule has 0 saturated carbocycles. The summed E-state index contributed by atoms with van der Waals surface area (Å²) >= 11 is 7.63. The first kappa shape index (κ1) is 21.2. The number of fused-ring (bicyclic) bond motifs is 1. The number of benzene rings is 2. The second-order valence-corrected chi connectivity index (χ2v) is 10.7. The van der Waals surface area contributed by atoms with E-state index in [0.29, 0.717) is 28.8 Å². The molecule has 0 radical (unpaired) electrons. The van der Waals surface area contributed by atoms with Crippen molar-refractivity contribution < 1.29 is 17.9 Å². The molecule has 6 nitrogen and oxygen atoms in total. The molecule has 0 N–H and O–H groups in total. The third-order valence-corrected chi connectivity index (χ3v) is 8.21. The van der Waals surface area contributed by atoms with Gasteiger partial charge in [0.1, 0.15) is 5.52 Å². The van der Waals surface area contributed by atoms with Crippen molar-refractivity contribution in [2.45, 2.75) is 30.8 Å². The normalized spacial score (nSPS) is 16.8. The van der Waals surface area contributed by atoms with E-state index in [1.54, 1.807) is 31.2 Å². The van der Waals surface area contributed by atoms with E-state index in [1.165, 1.54) is 22.3 Å². The van der Waals surface area contributed by atoms with Gasteiger partial charge in [-0.05, 0) is 37.1 Å². The van der Waals surface area contributed by atoms with E-state index in [4.69, 9.17) is 16.3 Å². The minimum atomic E-state index is -3.57. The van der Waals surface area contributed by atoms with Crippen LogP contribution in [0.1, 0.15) is 30.1 Å². The van der Waals surface area contributed by atoms with E-state index in [9.17, 15) is 13.2 Å². The van der Waals surface area contributed by atoms with Crippen molar-refractivity contribution in [1.82, 2.24) is 4.98 Å². The Morgan fingerprint density at radius 2 is 2.07 bits per heavy atom. The number of anilines is 1. The van der Waals surface area contributed by atoms with Crippen LogP contribution in [0.5, 0.6) is 0 Å². The topological polar surface area (TPSA) is 76.6 Å². The van der Waals surface area contributed by atoms with E-state index < -0.39 is 15.7 Å². The summed E-state index contributed by atoms with van der Waals surface area (Å²) in [6, 6.07) is 11.8. The summed E-state index contributed by atoms with van der Waals surface area (Å²) in [6.45, 7) is 2.52. The highest BCUT2D eigenvalue weighted by atomic mass is 35.5. The van der Waals surface area contributed by atoms with E-state index in [-0.39, 0.29) is 22.3 Å². The first-order valence-corrected chi connectivity index (χ1v) is 12.6. The van der Waals surface area contributed by atoms with Gasteiger partial charge in [-0.15, -0.1) is 0 Å². The third kappa shape index (κ3) is 4.09. The average molecular weight is 465 g/mol. The Hall–Kier alpha value is -2.00. The van der Waals surface area contributed by atoms with Gasteiger partial charge in [-0.1, -0.05) is 48.1 Å². The molecule has 1 saturated heterocycles. The molecule has 1 aromatic heterocycles. The molecule has 1 aliphatic heterocycles. The fourth-order valence-corrected chi connectivity index (χ4v) is 5.83. The number of nitrogens with zero attached hydrogens (tertiary/aromatic N) is 2. The molecule has 1 aliphatic rings. The number of rotatable bonds is 6. The molecule has 3 aromatic rings. The van der Waals surface area contributed by atoms with Gasteiger partial charge in [0, 0.05) is 6.61 Å². The lowest BCUT2D eigenvalue weighted by Crippen LogP contribution is -2.38. The molecule has 1 atom stereocenters. The summed E-state index contributed by atoms with van der Waals surface area (Å²) in [5.74, 6) is -0.493. The standard InChI is InChI=1S/C21H21ClN2O4S2/c1-2-30(26,27)18-11-4-3-8-15(18)20(25)24(13-14-7-6-12-28-14)21-23-19-16(22)9-5-10-17(19)29-21/h3-5,8-11,14H,2,6-7,12-13H2,1H3. The smallest absolute Gasteiger partial charge is 0.261 e. The molecule has 9 heteroatoms. The van der Waals surface area contributed by atoms with Gasteiger partial charge in [0.05, 0.1) is 38.6 Å². The Kier molecular flexibility index (Phi) is 6.11. The fraction of sp³-hybridized carbons (Fsp3) is 0.333. The van der Waals surface area contributed by atoms with E-state index >= 15 is 0 Å². The number of hydrogen-bond acceptors (Lipinski definition) is 6. The van der Waals surface area contributed by atoms with Gasteiger partial charge in [-0.2, -0.15) is 0 Å². The van der Waals surface area contributed by atoms with Crippen LogP contribution in [0.4, 0.5) is 5.13 Å². The molecule has 0 aliphatic carbocycles. The molecule has 158 valence electrons. The predicted octanol–water partition coefficient (Wildman–Crippen LogP) is 4.57. The third-order valence-electron chi connectivity index (χ3n) is 5.08. The minimum Gasteiger partial charge on any atom is -0.376 e. The van der Waals surface area contributed by atoms with E-state index in [2.05, 4.69) is 4.98 Å². The number of para-hydroxylation sites is 1. The molecule has 1 unspecified atom stereocenters. The number of carbonyl (C=O) groups excluding carboxylic acids is 1. The molecule has 0 bridgehead atoms. The molecule has 1 amide bonds. The highest BCUT2D eigenvalue weighted by Crippen LogP contribution is 2.34. The quantitative estimate of drug-likeness (QED) is 0.534. The maximum Gasteiger partial charge on any atom is 0.261 e. The number of thiazole rings is 1. The van der Waals surface area contributed by atoms with Crippen LogP contribution < -0.4 is 4.90 Å². The van der Waals surface area contributed by atoms with Gasteiger partial charge in [0.25, 0.3) is 5.91 Å². The average Bonchev–Trinajstić information content (AvgIpc) is 3.42. The van der Waals surface area contributed by atoms with E-state index in [0.717, 1.165) is 17.5 Å². The summed E-state index contributed by atoms with van der Waals surface area (Å²) in [6.07, 6.45) is 1.65. The maximum absolute atomic E-state index is 13.6. The van der Waals surface area contributed by atoms with Crippen LogP contribution in [0.2, 0.25) is 5.02 Å².